The van der Waals surface area contributed by atoms with Crippen molar-refractivity contribution in [2.45, 2.75) is 0 Å². The second-order valence-corrected chi connectivity index (χ2v) is 19.8. The Morgan fingerprint density at radius 1 is 0.344 bits per heavy atom. The Balaban J connectivity index is 1.10. The number of fused-ring (bicyclic) bond motifs is 8. The van der Waals surface area contributed by atoms with Crippen LogP contribution in [0.15, 0.2) is 241 Å². The normalized spacial score (nSPS) is 12.7. The van der Waals surface area contributed by atoms with Crippen LogP contribution in [0.25, 0.3) is 66.1 Å². The molecule has 0 aliphatic carbocycles. The molecule has 12 rings (SSSR count). The zero-order valence-corrected chi connectivity index (χ0v) is 34.4. The van der Waals surface area contributed by atoms with Gasteiger partial charge in [-0.2, -0.15) is 0 Å². The molecule has 3 heteroatoms. The van der Waals surface area contributed by atoms with Crippen molar-refractivity contribution >= 4 is 78.6 Å². The summed E-state index contributed by atoms with van der Waals surface area (Å²) in [7, 11) is -2.90. The second-order valence-electron chi connectivity index (χ2n) is 16.0. The van der Waals surface area contributed by atoms with Crippen molar-refractivity contribution in [3.05, 3.63) is 237 Å². The molecule has 10 aromatic carbocycles. The molecule has 0 fully saturated rings. The summed E-state index contributed by atoms with van der Waals surface area (Å²) in [5.74, 6) is 0. The Kier molecular flexibility index (Phi) is 8.22. The van der Waals surface area contributed by atoms with Crippen LogP contribution < -0.4 is 25.6 Å². The van der Waals surface area contributed by atoms with Crippen molar-refractivity contribution in [2.75, 3.05) is 4.90 Å². The minimum atomic E-state index is -2.90. The lowest BCUT2D eigenvalue weighted by molar-refractivity contribution is 0.670. The van der Waals surface area contributed by atoms with Crippen LogP contribution in [0.2, 0.25) is 0 Å². The number of hydrogen-bond donors (Lipinski definition) is 0. The van der Waals surface area contributed by atoms with Gasteiger partial charge in [0.1, 0.15) is 11.2 Å². The highest BCUT2D eigenvalue weighted by Crippen LogP contribution is 2.43. The SMILES string of the molecule is c1ccc(-c2cccc(N(c3ccc(-c4ccc5ccccc5c4)cc3)c3ccc4c(c3)[Si](c3ccccc3)(c3ccccc3)c3ccc5c(oc6ccccc65)c3-4)c2)cc1. The van der Waals surface area contributed by atoms with Gasteiger partial charge in [-0.3, -0.25) is 0 Å². The van der Waals surface area contributed by atoms with Gasteiger partial charge < -0.3 is 9.32 Å². The van der Waals surface area contributed by atoms with Crippen molar-refractivity contribution in [2.24, 2.45) is 0 Å². The Hall–Kier alpha value is -7.72. The molecule has 0 spiro atoms. The Morgan fingerprint density at radius 3 is 1.70 bits per heavy atom. The van der Waals surface area contributed by atoms with E-state index in [1.807, 2.05) is 0 Å². The third kappa shape index (κ3) is 5.62. The second kappa shape index (κ2) is 14.2. The molecule has 1 aromatic heterocycles. The summed E-state index contributed by atoms with van der Waals surface area (Å²) in [6.45, 7) is 0. The summed E-state index contributed by atoms with van der Waals surface area (Å²) in [4.78, 5) is 2.44. The van der Waals surface area contributed by atoms with E-state index in [1.54, 1.807) is 0 Å². The van der Waals surface area contributed by atoms with Crippen molar-refractivity contribution in [3.63, 3.8) is 0 Å². The summed E-state index contributed by atoms with van der Waals surface area (Å²) in [6, 6.07) is 86.8. The molecule has 61 heavy (non-hydrogen) atoms. The van der Waals surface area contributed by atoms with Crippen LogP contribution in [0.4, 0.5) is 17.1 Å². The van der Waals surface area contributed by atoms with Crippen LogP contribution in [-0.2, 0) is 0 Å². The number of benzene rings is 10. The first-order chi connectivity index (χ1) is 30.2. The monoisotopic (exact) mass is 793 g/mol. The molecule has 11 aromatic rings. The molecule has 0 atom stereocenters. The maximum atomic E-state index is 6.87. The van der Waals surface area contributed by atoms with E-state index in [-0.39, 0.29) is 0 Å². The van der Waals surface area contributed by atoms with Gasteiger partial charge in [-0.15, -0.1) is 0 Å². The van der Waals surface area contributed by atoms with Crippen LogP contribution in [0.1, 0.15) is 0 Å². The molecule has 0 N–H and O–H groups in total. The summed E-state index contributed by atoms with van der Waals surface area (Å²) in [5.41, 5.74) is 12.4. The predicted molar refractivity (Wildman–Crippen MR) is 259 cm³/mol. The fourth-order valence-electron chi connectivity index (χ4n) is 9.95. The number of para-hydroxylation sites is 1. The molecule has 286 valence electrons. The quantitative estimate of drug-likeness (QED) is 0.149. The highest BCUT2D eigenvalue weighted by atomic mass is 28.3. The molecule has 0 amide bonds. The summed E-state index contributed by atoms with van der Waals surface area (Å²) >= 11 is 0. The van der Waals surface area contributed by atoms with Crippen LogP contribution in [0.5, 0.6) is 0 Å². The number of hydrogen-bond acceptors (Lipinski definition) is 2. The fraction of sp³-hybridized carbons (Fsp3) is 0. The minimum Gasteiger partial charge on any atom is -0.455 e. The zero-order valence-electron chi connectivity index (χ0n) is 33.4. The first kappa shape index (κ1) is 35.2. The summed E-state index contributed by atoms with van der Waals surface area (Å²) in [5, 5.41) is 10.2. The maximum Gasteiger partial charge on any atom is 0.181 e. The Labute approximate surface area is 356 Å². The van der Waals surface area contributed by atoms with Gasteiger partial charge in [0.25, 0.3) is 0 Å². The predicted octanol–water partition coefficient (Wildman–Crippen LogP) is 12.9. The third-order valence-corrected chi connectivity index (χ3v) is 17.6. The Morgan fingerprint density at radius 2 is 0.934 bits per heavy atom. The van der Waals surface area contributed by atoms with E-state index in [2.05, 4.69) is 241 Å². The maximum absolute atomic E-state index is 6.87. The van der Waals surface area contributed by atoms with Gasteiger partial charge in [0.15, 0.2) is 8.07 Å². The molecule has 2 heterocycles. The lowest BCUT2D eigenvalue weighted by atomic mass is 10.00. The molecule has 0 unspecified atom stereocenters. The molecule has 0 saturated carbocycles. The lowest BCUT2D eigenvalue weighted by Crippen LogP contribution is -2.72. The zero-order chi connectivity index (χ0) is 40.3. The van der Waals surface area contributed by atoms with E-state index in [0.717, 1.165) is 39.0 Å². The van der Waals surface area contributed by atoms with Crippen LogP contribution in [0, 0.1) is 0 Å². The molecule has 0 radical (unpaired) electrons. The van der Waals surface area contributed by atoms with Gasteiger partial charge in [-0.1, -0.05) is 188 Å². The molecule has 0 saturated heterocycles. The van der Waals surface area contributed by atoms with Crippen molar-refractivity contribution in [3.8, 4) is 33.4 Å². The number of furan rings is 1. The van der Waals surface area contributed by atoms with Gasteiger partial charge in [0, 0.05) is 33.4 Å². The molecule has 1 aliphatic heterocycles. The summed E-state index contributed by atoms with van der Waals surface area (Å²) < 4.78 is 6.87. The molecular formula is C58H39NOSi. The van der Waals surface area contributed by atoms with Gasteiger partial charge in [0.2, 0.25) is 0 Å². The van der Waals surface area contributed by atoms with Crippen LogP contribution in [-0.4, -0.2) is 8.07 Å². The molecule has 0 bridgehead atoms. The average molecular weight is 794 g/mol. The molecular weight excluding hydrogens is 755 g/mol. The highest BCUT2D eigenvalue weighted by Gasteiger charge is 2.50. The Bertz CT molecular complexity index is 3370. The van der Waals surface area contributed by atoms with E-state index in [1.165, 1.54) is 64.9 Å². The third-order valence-electron chi connectivity index (χ3n) is 12.7. The number of rotatable bonds is 7. The van der Waals surface area contributed by atoms with Gasteiger partial charge in [0.05, 0.1) is 0 Å². The van der Waals surface area contributed by atoms with Gasteiger partial charge in [-0.25, -0.2) is 0 Å². The van der Waals surface area contributed by atoms with Crippen molar-refractivity contribution < 1.29 is 4.42 Å². The average Bonchev–Trinajstić information content (AvgIpc) is 3.86. The van der Waals surface area contributed by atoms with Crippen molar-refractivity contribution in [1.29, 1.82) is 0 Å². The lowest BCUT2D eigenvalue weighted by Gasteiger charge is -2.33. The van der Waals surface area contributed by atoms with E-state index >= 15 is 0 Å². The number of nitrogens with zero attached hydrogens (tertiary/aromatic N) is 1. The fourth-order valence-corrected chi connectivity index (χ4v) is 15.1. The first-order valence-electron chi connectivity index (χ1n) is 21.0. The van der Waals surface area contributed by atoms with E-state index in [9.17, 15) is 0 Å². The van der Waals surface area contributed by atoms with E-state index in [4.69, 9.17) is 4.42 Å². The van der Waals surface area contributed by atoms with Crippen LogP contribution in [0.3, 0.4) is 0 Å². The van der Waals surface area contributed by atoms with E-state index < -0.39 is 8.07 Å². The van der Waals surface area contributed by atoms with Crippen LogP contribution >= 0.6 is 0 Å². The largest absolute Gasteiger partial charge is 0.455 e. The number of anilines is 3. The summed E-state index contributed by atoms with van der Waals surface area (Å²) in [6.07, 6.45) is 0. The topological polar surface area (TPSA) is 16.4 Å². The van der Waals surface area contributed by atoms with Gasteiger partial charge in [-0.05, 0) is 108 Å². The minimum absolute atomic E-state index is 0.916. The highest BCUT2D eigenvalue weighted by molar-refractivity contribution is 7.22. The van der Waals surface area contributed by atoms with Crippen molar-refractivity contribution in [1.82, 2.24) is 0 Å². The molecule has 2 nitrogen and oxygen atoms in total. The van der Waals surface area contributed by atoms with Gasteiger partial charge >= 0.3 is 0 Å². The standard InChI is InChI=1S/C58H39NOSi/c1-4-15-40(16-5-1)44-19-14-20-47(38-44)59(46-31-29-42(30-32-46)45-28-27-41-17-10-11-18-43(41)37-45)48-33-34-53-56(39-48)61(49-21-6-2-7-22-49,50-23-8-3-9-24-50)55-36-35-52-51-25-12-13-26-54(51)60-58(52)57(53)55/h1-39H. The van der Waals surface area contributed by atoms with E-state index in [0.29, 0.717) is 0 Å². The smallest absolute Gasteiger partial charge is 0.181 e. The first-order valence-corrected chi connectivity index (χ1v) is 23.0. The molecule has 1 aliphatic rings.